The number of likely N-dealkylation sites (tertiary alicyclic amines) is 1. The molecule has 5 nitrogen and oxygen atoms in total. The molecular weight excluding hydrogens is 417 g/mol. The molecule has 0 aliphatic carbocycles. The zero-order valence-corrected chi connectivity index (χ0v) is 17.3. The van der Waals surface area contributed by atoms with Crippen molar-refractivity contribution >= 4 is 29.9 Å². The van der Waals surface area contributed by atoms with Gasteiger partial charge >= 0.3 is 0 Å². The molecule has 1 unspecified atom stereocenters. The second kappa shape index (κ2) is 11.5. The van der Waals surface area contributed by atoms with Crippen molar-refractivity contribution in [2.45, 2.75) is 26.3 Å². The van der Waals surface area contributed by atoms with Gasteiger partial charge in [-0.25, -0.2) is 0 Å². The molecule has 1 N–H and O–H groups in total. The molecule has 0 spiro atoms. The van der Waals surface area contributed by atoms with Gasteiger partial charge in [-0.2, -0.15) is 0 Å². The molecule has 1 aromatic rings. The van der Waals surface area contributed by atoms with Gasteiger partial charge in [-0.05, 0) is 30.5 Å². The van der Waals surface area contributed by atoms with Gasteiger partial charge in [-0.3, -0.25) is 4.99 Å². The van der Waals surface area contributed by atoms with Crippen LogP contribution >= 0.6 is 24.0 Å². The minimum Gasteiger partial charge on any atom is -0.494 e. The quantitative estimate of drug-likeness (QED) is 0.397. The lowest BCUT2D eigenvalue weighted by Gasteiger charge is -2.21. The number of nitrogens with zero attached hydrogens (tertiary/aromatic N) is 2. The van der Waals surface area contributed by atoms with E-state index < -0.39 is 0 Å². The Labute approximate surface area is 162 Å². The smallest absolute Gasteiger partial charge is 0.193 e. The van der Waals surface area contributed by atoms with Gasteiger partial charge < -0.3 is 19.7 Å². The SMILES string of the molecule is CCCOc1cccc(CNC(=NC)N2CCC(COC)C2)c1.I. The van der Waals surface area contributed by atoms with Crippen molar-refractivity contribution < 1.29 is 9.47 Å². The summed E-state index contributed by atoms with van der Waals surface area (Å²) in [4.78, 5) is 6.72. The highest BCUT2D eigenvalue weighted by Gasteiger charge is 2.24. The summed E-state index contributed by atoms with van der Waals surface area (Å²) in [5, 5.41) is 3.45. The number of nitrogens with one attached hydrogen (secondary N) is 1. The molecule has 0 radical (unpaired) electrons. The predicted molar refractivity (Wildman–Crippen MR) is 109 cm³/mol. The highest BCUT2D eigenvalue weighted by Crippen LogP contribution is 2.17. The Morgan fingerprint density at radius 3 is 2.96 bits per heavy atom. The molecule has 1 aliphatic rings. The maximum absolute atomic E-state index is 5.69. The van der Waals surface area contributed by atoms with Crippen molar-refractivity contribution in [3.8, 4) is 5.75 Å². The van der Waals surface area contributed by atoms with Crippen LogP contribution < -0.4 is 10.1 Å². The monoisotopic (exact) mass is 447 g/mol. The summed E-state index contributed by atoms with van der Waals surface area (Å²) in [6, 6.07) is 8.24. The highest BCUT2D eigenvalue weighted by molar-refractivity contribution is 14.0. The standard InChI is InChI=1S/C18H29N3O2.HI/c1-4-10-23-17-7-5-6-15(11-17)12-20-18(19-2)21-9-8-16(13-21)14-22-3;/h5-7,11,16H,4,8-10,12-14H2,1-3H3,(H,19,20);1H. The normalized spacial score (nSPS) is 17.5. The van der Waals surface area contributed by atoms with Crippen LogP contribution in [0.1, 0.15) is 25.3 Å². The van der Waals surface area contributed by atoms with E-state index in [9.17, 15) is 0 Å². The number of benzene rings is 1. The lowest BCUT2D eigenvalue weighted by atomic mass is 10.1. The van der Waals surface area contributed by atoms with E-state index in [0.717, 1.165) is 57.4 Å². The molecule has 2 rings (SSSR count). The third-order valence-corrected chi connectivity index (χ3v) is 4.02. The Morgan fingerprint density at radius 1 is 1.42 bits per heavy atom. The molecule has 0 amide bonds. The van der Waals surface area contributed by atoms with E-state index in [0.29, 0.717) is 5.92 Å². The fourth-order valence-corrected chi connectivity index (χ4v) is 2.88. The molecule has 24 heavy (non-hydrogen) atoms. The topological polar surface area (TPSA) is 46.1 Å². The van der Waals surface area contributed by atoms with Gasteiger partial charge in [0, 0.05) is 39.7 Å². The van der Waals surface area contributed by atoms with Crippen molar-refractivity contribution in [1.29, 1.82) is 0 Å². The molecule has 0 bridgehead atoms. The molecule has 1 saturated heterocycles. The summed E-state index contributed by atoms with van der Waals surface area (Å²) in [6.45, 7) is 6.49. The van der Waals surface area contributed by atoms with Crippen molar-refractivity contribution in [1.82, 2.24) is 10.2 Å². The van der Waals surface area contributed by atoms with E-state index >= 15 is 0 Å². The number of rotatable bonds is 7. The van der Waals surface area contributed by atoms with E-state index in [1.165, 1.54) is 5.56 Å². The summed E-state index contributed by atoms with van der Waals surface area (Å²) in [5.74, 6) is 2.50. The largest absolute Gasteiger partial charge is 0.494 e. The van der Waals surface area contributed by atoms with Crippen LogP contribution in [0.3, 0.4) is 0 Å². The van der Waals surface area contributed by atoms with Crippen molar-refractivity contribution in [3.05, 3.63) is 29.8 Å². The number of hydrogen-bond donors (Lipinski definition) is 1. The zero-order valence-electron chi connectivity index (χ0n) is 15.0. The first-order chi connectivity index (χ1) is 11.3. The van der Waals surface area contributed by atoms with Gasteiger partial charge in [0.2, 0.25) is 0 Å². The van der Waals surface area contributed by atoms with Crippen molar-refractivity contribution in [2.24, 2.45) is 10.9 Å². The number of halogens is 1. The maximum Gasteiger partial charge on any atom is 0.193 e. The third-order valence-electron chi connectivity index (χ3n) is 4.02. The van der Waals surface area contributed by atoms with Crippen LogP contribution in [0.15, 0.2) is 29.3 Å². The molecule has 0 saturated carbocycles. The van der Waals surface area contributed by atoms with Crippen LogP contribution in [0.4, 0.5) is 0 Å². The molecule has 0 aromatic heterocycles. The van der Waals surface area contributed by atoms with Gasteiger partial charge in [0.25, 0.3) is 0 Å². The minimum atomic E-state index is 0. The fourth-order valence-electron chi connectivity index (χ4n) is 2.88. The first-order valence-electron chi connectivity index (χ1n) is 8.43. The number of hydrogen-bond acceptors (Lipinski definition) is 3. The molecule has 1 heterocycles. The van der Waals surface area contributed by atoms with Gasteiger partial charge in [0.15, 0.2) is 5.96 Å². The Bertz CT molecular complexity index is 511. The Hall–Kier alpha value is -1.02. The van der Waals surface area contributed by atoms with Crippen LogP contribution in [0.5, 0.6) is 5.75 Å². The zero-order chi connectivity index (χ0) is 16.5. The third kappa shape index (κ3) is 6.47. The highest BCUT2D eigenvalue weighted by atomic mass is 127. The molecule has 1 atom stereocenters. The predicted octanol–water partition coefficient (Wildman–Crippen LogP) is 3.14. The van der Waals surface area contributed by atoms with E-state index in [1.807, 2.05) is 19.2 Å². The number of methoxy groups -OCH3 is 1. The first kappa shape index (κ1) is 21.0. The van der Waals surface area contributed by atoms with Gasteiger partial charge in [0.05, 0.1) is 13.2 Å². The maximum atomic E-state index is 5.69. The molecule has 1 aliphatic heterocycles. The second-order valence-corrected chi connectivity index (χ2v) is 5.95. The second-order valence-electron chi connectivity index (χ2n) is 5.95. The van der Waals surface area contributed by atoms with Gasteiger partial charge in [0.1, 0.15) is 5.75 Å². The van der Waals surface area contributed by atoms with Crippen LogP contribution in [-0.4, -0.2) is 51.3 Å². The lowest BCUT2D eigenvalue weighted by molar-refractivity contribution is 0.157. The average molecular weight is 447 g/mol. The number of ether oxygens (including phenoxy) is 2. The molecule has 136 valence electrons. The molecular formula is C18H30IN3O2. The fraction of sp³-hybridized carbons (Fsp3) is 0.611. The lowest BCUT2D eigenvalue weighted by Crippen LogP contribution is -2.39. The molecule has 6 heteroatoms. The van der Waals surface area contributed by atoms with Crippen LogP contribution in [0.2, 0.25) is 0 Å². The number of guanidine groups is 1. The summed E-state index contributed by atoms with van der Waals surface area (Å²) in [7, 11) is 3.61. The van der Waals surface area contributed by atoms with E-state index in [2.05, 4.69) is 34.3 Å². The summed E-state index contributed by atoms with van der Waals surface area (Å²) in [5.41, 5.74) is 1.20. The summed E-state index contributed by atoms with van der Waals surface area (Å²) >= 11 is 0. The number of aliphatic imine (C=N–C) groups is 1. The van der Waals surface area contributed by atoms with Crippen LogP contribution in [-0.2, 0) is 11.3 Å². The molecule has 1 aromatic carbocycles. The average Bonchev–Trinajstić information content (AvgIpc) is 3.03. The Kier molecular flexibility index (Phi) is 10.1. The molecule has 1 fully saturated rings. The Morgan fingerprint density at radius 2 is 2.25 bits per heavy atom. The van der Waals surface area contributed by atoms with Crippen LogP contribution in [0.25, 0.3) is 0 Å². The van der Waals surface area contributed by atoms with E-state index in [1.54, 1.807) is 7.11 Å². The first-order valence-corrected chi connectivity index (χ1v) is 8.43. The van der Waals surface area contributed by atoms with Crippen molar-refractivity contribution in [2.75, 3.05) is 40.5 Å². The van der Waals surface area contributed by atoms with Crippen LogP contribution in [0, 0.1) is 5.92 Å². The van der Waals surface area contributed by atoms with Crippen molar-refractivity contribution in [3.63, 3.8) is 0 Å². The van der Waals surface area contributed by atoms with Gasteiger partial charge in [-0.15, -0.1) is 24.0 Å². The van der Waals surface area contributed by atoms with E-state index in [4.69, 9.17) is 9.47 Å². The minimum absolute atomic E-state index is 0. The summed E-state index contributed by atoms with van der Waals surface area (Å²) < 4.78 is 10.9. The van der Waals surface area contributed by atoms with Gasteiger partial charge in [-0.1, -0.05) is 19.1 Å². The Balaban J connectivity index is 0.00000288. The van der Waals surface area contributed by atoms with E-state index in [-0.39, 0.29) is 24.0 Å². The summed E-state index contributed by atoms with van der Waals surface area (Å²) in [6.07, 6.45) is 2.18.